The average molecular weight is 298 g/mol. The highest BCUT2D eigenvalue weighted by molar-refractivity contribution is 6.34. The third-order valence-electron chi connectivity index (χ3n) is 2.75. The second-order valence-corrected chi connectivity index (χ2v) is 4.85. The predicted octanol–water partition coefficient (Wildman–Crippen LogP) is 2.16. The molecule has 0 aliphatic heterocycles. The van der Waals surface area contributed by atoms with Crippen LogP contribution in [0.5, 0.6) is 0 Å². The molecule has 0 aliphatic rings. The lowest BCUT2D eigenvalue weighted by molar-refractivity contribution is -0.117. The summed E-state index contributed by atoms with van der Waals surface area (Å²) in [6.45, 7) is 4.29. The Balaban J connectivity index is 2.84. The molecular formula is C14H20ClN3O2. The molecule has 0 heterocycles. The number of nitrogens with two attached hydrogens (primary N) is 1. The number of hydrogen-bond donors (Lipinski definition) is 3. The highest BCUT2D eigenvalue weighted by Gasteiger charge is 2.15. The maximum absolute atomic E-state index is 11.8. The van der Waals surface area contributed by atoms with Gasteiger partial charge in [-0.1, -0.05) is 24.9 Å². The van der Waals surface area contributed by atoms with Crippen LogP contribution in [0.15, 0.2) is 18.2 Å². The second-order valence-electron chi connectivity index (χ2n) is 4.44. The lowest BCUT2D eigenvalue weighted by atomic mass is 10.1. The number of benzene rings is 1. The molecule has 0 radical (unpaired) electrons. The smallest absolute Gasteiger partial charge is 0.252 e. The number of halogens is 1. The maximum atomic E-state index is 11.8. The van der Waals surface area contributed by atoms with Crippen LogP contribution in [-0.2, 0) is 4.79 Å². The summed E-state index contributed by atoms with van der Waals surface area (Å²) in [6, 6.07) is 4.21. The number of carbonyl (C=O) groups excluding carboxylic acids is 2. The van der Waals surface area contributed by atoms with E-state index >= 15 is 0 Å². The molecule has 2 amide bonds. The van der Waals surface area contributed by atoms with Crippen LogP contribution < -0.4 is 16.4 Å². The van der Waals surface area contributed by atoms with Crippen molar-refractivity contribution >= 4 is 29.1 Å². The molecule has 0 fully saturated rings. The van der Waals surface area contributed by atoms with E-state index in [0.717, 1.165) is 6.42 Å². The van der Waals surface area contributed by atoms with Crippen LogP contribution in [0.25, 0.3) is 0 Å². The Hall–Kier alpha value is -1.59. The molecule has 1 aromatic rings. The van der Waals surface area contributed by atoms with Crippen LogP contribution in [0.4, 0.5) is 5.69 Å². The molecule has 0 spiro atoms. The van der Waals surface area contributed by atoms with E-state index in [-0.39, 0.29) is 11.8 Å². The van der Waals surface area contributed by atoms with Crippen molar-refractivity contribution in [3.63, 3.8) is 0 Å². The molecule has 4 N–H and O–H groups in total. The van der Waals surface area contributed by atoms with E-state index in [1.54, 1.807) is 18.2 Å². The van der Waals surface area contributed by atoms with Gasteiger partial charge in [0.2, 0.25) is 5.91 Å². The normalized spacial score (nSPS) is 11.8. The lowest BCUT2D eigenvalue weighted by Crippen LogP contribution is -2.35. The van der Waals surface area contributed by atoms with Gasteiger partial charge in [-0.3, -0.25) is 9.59 Å². The van der Waals surface area contributed by atoms with Crippen LogP contribution >= 0.6 is 11.6 Å². The minimum atomic E-state index is -0.552. The molecule has 1 rings (SSSR count). The van der Waals surface area contributed by atoms with Crippen molar-refractivity contribution in [2.75, 3.05) is 11.9 Å². The van der Waals surface area contributed by atoms with Gasteiger partial charge in [0, 0.05) is 12.2 Å². The Bertz CT molecular complexity index is 491. The van der Waals surface area contributed by atoms with Gasteiger partial charge in [0.25, 0.3) is 5.91 Å². The molecule has 5 nitrogen and oxygen atoms in total. The van der Waals surface area contributed by atoms with E-state index in [1.807, 2.05) is 13.8 Å². The van der Waals surface area contributed by atoms with Crippen molar-refractivity contribution in [2.24, 2.45) is 5.73 Å². The van der Waals surface area contributed by atoms with Gasteiger partial charge in [0.15, 0.2) is 0 Å². The summed E-state index contributed by atoms with van der Waals surface area (Å²) < 4.78 is 0. The van der Waals surface area contributed by atoms with Crippen molar-refractivity contribution in [1.82, 2.24) is 5.32 Å². The molecule has 20 heavy (non-hydrogen) atoms. The summed E-state index contributed by atoms with van der Waals surface area (Å²) in [6.07, 6.45) is 1.45. The third-order valence-corrected chi connectivity index (χ3v) is 3.08. The number of amides is 2. The van der Waals surface area contributed by atoms with Gasteiger partial charge in [-0.05, 0) is 31.5 Å². The van der Waals surface area contributed by atoms with Gasteiger partial charge < -0.3 is 16.4 Å². The molecule has 1 atom stereocenters. The summed E-state index contributed by atoms with van der Waals surface area (Å²) in [7, 11) is 0. The second kappa shape index (κ2) is 7.87. The van der Waals surface area contributed by atoms with Crippen molar-refractivity contribution in [2.45, 2.75) is 32.7 Å². The number of hydrogen-bond acceptors (Lipinski definition) is 3. The SMILES string of the molecule is CCC[C@H](N)C(=O)Nc1ccc(Cl)c(C(=O)NCC)c1. The van der Waals surface area contributed by atoms with E-state index in [1.165, 1.54) is 0 Å². The number of rotatable bonds is 6. The first-order valence-corrected chi connectivity index (χ1v) is 7.01. The predicted molar refractivity (Wildman–Crippen MR) is 81.0 cm³/mol. The van der Waals surface area contributed by atoms with Crippen LogP contribution in [0.3, 0.4) is 0 Å². The Kier molecular flexibility index (Phi) is 6.48. The molecule has 110 valence electrons. The van der Waals surface area contributed by atoms with Gasteiger partial charge in [-0.25, -0.2) is 0 Å². The first-order valence-electron chi connectivity index (χ1n) is 6.63. The minimum absolute atomic E-state index is 0.268. The van der Waals surface area contributed by atoms with Crippen LogP contribution in [0.1, 0.15) is 37.0 Å². The highest BCUT2D eigenvalue weighted by atomic mass is 35.5. The number of anilines is 1. The van der Waals surface area contributed by atoms with Crippen molar-refractivity contribution in [3.05, 3.63) is 28.8 Å². The van der Waals surface area contributed by atoms with Crippen LogP contribution in [0.2, 0.25) is 5.02 Å². The van der Waals surface area contributed by atoms with Crippen molar-refractivity contribution < 1.29 is 9.59 Å². The lowest BCUT2D eigenvalue weighted by Gasteiger charge is -2.12. The summed E-state index contributed by atoms with van der Waals surface area (Å²) >= 11 is 5.98. The first kappa shape index (κ1) is 16.5. The number of carbonyl (C=O) groups is 2. The van der Waals surface area contributed by atoms with E-state index in [0.29, 0.717) is 29.2 Å². The zero-order chi connectivity index (χ0) is 15.1. The molecule has 1 aromatic carbocycles. The van der Waals surface area contributed by atoms with E-state index in [9.17, 15) is 9.59 Å². The fourth-order valence-corrected chi connectivity index (χ4v) is 1.91. The van der Waals surface area contributed by atoms with E-state index in [2.05, 4.69) is 10.6 Å². The first-order chi connectivity index (χ1) is 9.49. The molecule has 0 saturated carbocycles. The number of nitrogens with one attached hydrogen (secondary N) is 2. The van der Waals surface area contributed by atoms with Crippen molar-refractivity contribution in [3.8, 4) is 0 Å². The standard InChI is InChI=1S/C14H20ClN3O2/c1-3-5-12(16)14(20)18-9-6-7-11(15)10(8-9)13(19)17-4-2/h6-8,12H,3-5,16H2,1-2H3,(H,17,19)(H,18,20)/t12-/m0/s1. The maximum Gasteiger partial charge on any atom is 0.252 e. The average Bonchev–Trinajstić information content (AvgIpc) is 2.41. The Morgan fingerprint density at radius 2 is 2.05 bits per heavy atom. The summed E-state index contributed by atoms with van der Waals surface area (Å²) in [4.78, 5) is 23.6. The highest BCUT2D eigenvalue weighted by Crippen LogP contribution is 2.20. The molecule has 0 bridgehead atoms. The Morgan fingerprint density at radius 3 is 2.65 bits per heavy atom. The monoisotopic (exact) mass is 297 g/mol. The van der Waals surface area contributed by atoms with Gasteiger partial charge >= 0.3 is 0 Å². The largest absolute Gasteiger partial charge is 0.352 e. The van der Waals surface area contributed by atoms with E-state index in [4.69, 9.17) is 17.3 Å². The van der Waals surface area contributed by atoms with Crippen molar-refractivity contribution in [1.29, 1.82) is 0 Å². The summed E-state index contributed by atoms with van der Waals surface area (Å²) in [5, 5.41) is 5.69. The minimum Gasteiger partial charge on any atom is -0.352 e. The molecule has 0 saturated heterocycles. The zero-order valence-corrected chi connectivity index (χ0v) is 12.5. The molecule has 6 heteroatoms. The topological polar surface area (TPSA) is 84.2 Å². The molecular weight excluding hydrogens is 278 g/mol. The van der Waals surface area contributed by atoms with E-state index < -0.39 is 6.04 Å². The van der Waals surface area contributed by atoms with Gasteiger partial charge in [0.05, 0.1) is 16.6 Å². The Labute approximate surface area is 123 Å². The van der Waals surface area contributed by atoms with Crippen LogP contribution in [-0.4, -0.2) is 24.4 Å². The zero-order valence-electron chi connectivity index (χ0n) is 11.7. The quantitative estimate of drug-likeness (QED) is 0.752. The Morgan fingerprint density at radius 1 is 1.35 bits per heavy atom. The summed E-state index contributed by atoms with van der Waals surface area (Å²) in [5.74, 6) is -0.539. The third kappa shape index (κ3) is 4.51. The fourth-order valence-electron chi connectivity index (χ4n) is 1.71. The molecule has 0 unspecified atom stereocenters. The molecule has 0 aliphatic carbocycles. The van der Waals surface area contributed by atoms with Gasteiger partial charge in [0.1, 0.15) is 0 Å². The van der Waals surface area contributed by atoms with Gasteiger partial charge in [-0.15, -0.1) is 0 Å². The molecule has 0 aromatic heterocycles. The summed E-state index contributed by atoms with van der Waals surface area (Å²) in [5.41, 5.74) is 6.57. The van der Waals surface area contributed by atoms with Crippen LogP contribution in [0, 0.1) is 0 Å². The van der Waals surface area contributed by atoms with Gasteiger partial charge in [-0.2, -0.15) is 0 Å². The fraction of sp³-hybridized carbons (Fsp3) is 0.429.